The molecule has 1 aliphatic heterocycles. The fourth-order valence-electron chi connectivity index (χ4n) is 3.79. The third-order valence-electron chi connectivity index (χ3n) is 5.49. The molecule has 1 saturated heterocycles. The molecule has 1 N–H and O–H groups in total. The Labute approximate surface area is 166 Å². The van der Waals surface area contributed by atoms with Crippen LogP contribution < -0.4 is 4.72 Å². The lowest BCUT2D eigenvalue weighted by Crippen LogP contribution is -2.30. The fraction of sp³-hybridized carbons (Fsp3) is 0.727. The van der Waals surface area contributed by atoms with Gasteiger partial charge in [0, 0.05) is 6.54 Å². The number of benzene rings is 1. The summed E-state index contributed by atoms with van der Waals surface area (Å²) in [7, 11) is -3.52. The Bertz CT molecular complexity index is 689. The summed E-state index contributed by atoms with van der Waals surface area (Å²) >= 11 is 0. The zero-order valence-corrected chi connectivity index (χ0v) is 18.8. The topological polar surface area (TPSA) is 49.4 Å². The van der Waals surface area contributed by atoms with Crippen molar-refractivity contribution in [2.24, 2.45) is 0 Å². The Balaban J connectivity index is 2.27. The monoisotopic (exact) mass is 394 g/mol. The van der Waals surface area contributed by atoms with Crippen molar-refractivity contribution < 1.29 is 8.42 Å². The average molecular weight is 395 g/mol. The van der Waals surface area contributed by atoms with Gasteiger partial charge in [-0.25, -0.2) is 13.1 Å². The van der Waals surface area contributed by atoms with Crippen LogP contribution >= 0.6 is 0 Å². The highest BCUT2D eigenvalue weighted by atomic mass is 32.2. The maximum atomic E-state index is 13.2. The lowest BCUT2D eigenvalue weighted by atomic mass is 9.89. The normalized spacial score (nSPS) is 16.2. The van der Waals surface area contributed by atoms with Crippen molar-refractivity contribution >= 4 is 10.0 Å². The second kappa shape index (κ2) is 9.53. The maximum absolute atomic E-state index is 13.2. The summed E-state index contributed by atoms with van der Waals surface area (Å²) in [4.78, 5) is 2.93. The van der Waals surface area contributed by atoms with E-state index in [0.29, 0.717) is 17.4 Å². The molecule has 0 unspecified atom stereocenters. The highest BCUT2D eigenvalue weighted by Crippen LogP contribution is 2.34. The lowest BCUT2D eigenvalue weighted by molar-refractivity contribution is 0.334. The number of nitrogens with one attached hydrogen (secondary N) is 1. The van der Waals surface area contributed by atoms with E-state index in [2.05, 4.69) is 63.3 Å². The van der Waals surface area contributed by atoms with Crippen LogP contribution in [0.4, 0.5) is 0 Å². The molecule has 2 rings (SSSR count). The van der Waals surface area contributed by atoms with Crippen LogP contribution in [0, 0.1) is 0 Å². The van der Waals surface area contributed by atoms with Gasteiger partial charge >= 0.3 is 0 Å². The van der Waals surface area contributed by atoms with E-state index >= 15 is 0 Å². The minimum atomic E-state index is -3.52. The second-order valence-corrected chi connectivity index (χ2v) is 10.5. The molecule has 0 saturated carbocycles. The number of hydrogen-bond donors (Lipinski definition) is 1. The van der Waals surface area contributed by atoms with Gasteiger partial charge in [-0.3, -0.25) is 0 Å². The molecule has 0 radical (unpaired) electrons. The molecule has 1 aliphatic rings. The molecule has 0 aromatic heterocycles. The van der Waals surface area contributed by atoms with E-state index in [9.17, 15) is 8.42 Å². The molecule has 27 heavy (non-hydrogen) atoms. The number of likely N-dealkylation sites (tertiary alicyclic amines) is 1. The van der Waals surface area contributed by atoms with Gasteiger partial charge in [0.25, 0.3) is 0 Å². The third-order valence-corrected chi connectivity index (χ3v) is 7.08. The van der Waals surface area contributed by atoms with E-state index in [-0.39, 0.29) is 11.8 Å². The van der Waals surface area contributed by atoms with Crippen molar-refractivity contribution in [1.29, 1.82) is 0 Å². The smallest absolute Gasteiger partial charge is 0.241 e. The number of sulfonamides is 1. The van der Waals surface area contributed by atoms with Gasteiger partial charge in [-0.1, -0.05) is 53.7 Å². The molecule has 4 nitrogen and oxygen atoms in total. The van der Waals surface area contributed by atoms with Gasteiger partial charge in [0.1, 0.15) is 0 Å². The van der Waals surface area contributed by atoms with Crippen molar-refractivity contribution in [2.75, 3.05) is 26.2 Å². The average Bonchev–Trinajstić information content (AvgIpc) is 3.10. The molecule has 1 heterocycles. The van der Waals surface area contributed by atoms with Crippen molar-refractivity contribution in [3.8, 4) is 0 Å². The number of nitrogens with zero attached hydrogens (tertiary/aromatic N) is 1. The summed E-state index contributed by atoms with van der Waals surface area (Å²) in [6, 6.07) is 4.19. The molecule has 0 atom stereocenters. The summed E-state index contributed by atoms with van der Waals surface area (Å²) in [5, 5.41) is 0. The summed E-state index contributed by atoms with van der Waals surface area (Å²) in [6.45, 7) is 16.4. The largest absolute Gasteiger partial charge is 0.303 e. The Morgan fingerprint density at radius 1 is 0.926 bits per heavy atom. The van der Waals surface area contributed by atoms with Crippen LogP contribution in [0.3, 0.4) is 0 Å². The number of rotatable bonds is 9. The van der Waals surface area contributed by atoms with Crippen LogP contribution in [0.15, 0.2) is 17.0 Å². The van der Waals surface area contributed by atoms with E-state index in [0.717, 1.165) is 37.2 Å². The zero-order chi connectivity index (χ0) is 20.2. The van der Waals surface area contributed by atoms with Crippen molar-refractivity contribution in [3.05, 3.63) is 28.8 Å². The van der Waals surface area contributed by atoms with Crippen LogP contribution in [0.1, 0.15) is 95.2 Å². The Morgan fingerprint density at radius 2 is 1.44 bits per heavy atom. The maximum Gasteiger partial charge on any atom is 0.241 e. The minimum Gasteiger partial charge on any atom is -0.303 e. The van der Waals surface area contributed by atoms with Gasteiger partial charge in [-0.2, -0.15) is 0 Å². The van der Waals surface area contributed by atoms with E-state index in [4.69, 9.17) is 0 Å². The summed E-state index contributed by atoms with van der Waals surface area (Å²) < 4.78 is 29.4. The van der Waals surface area contributed by atoms with Crippen molar-refractivity contribution in [2.45, 2.75) is 83.5 Å². The fourth-order valence-corrected chi connectivity index (χ4v) is 5.55. The summed E-state index contributed by atoms with van der Waals surface area (Å²) in [6.07, 6.45) is 3.39. The van der Waals surface area contributed by atoms with Crippen molar-refractivity contribution in [1.82, 2.24) is 9.62 Å². The molecule has 154 valence electrons. The zero-order valence-electron chi connectivity index (χ0n) is 18.0. The van der Waals surface area contributed by atoms with E-state index in [1.165, 1.54) is 18.4 Å². The second-order valence-electron chi connectivity index (χ2n) is 8.79. The lowest BCUT2D eigenvalue weighted by Gasteiger charge is -2.23. The number of hydrogen-bond acceptors (Lipinski definition) is 3. The first-order valence-corrected chi connectivity index (χ1v) is 12.0. The molecule has 0 amide bonds. The predicted octanol–water partition coefficient (Wildman–Crippen LogP) is 4.82. The summed E-state index contributed by atoms with van der Waals surface area (Å²) in [5.41, 5.74) is 3.10. The van der Waals surface area contributed by atoms with Gasteiger partial charge in [-0.05, 0) is 73.3 Å². The standard InChI is InChI=1S/C22H38N2O2S/c1-16(2)19-14-20(17(3)4)22(21(15-19)18(5)6)27(25,26)23-10-9-13-24-11-7-8-12-24/h14-18,23H,7-13H2,1-6H3. The van der Waals surface area contributed by atoms with Crippen LogP contribution in [-0.2, 0) is 10.0 Å². The van der Waals surface area contributed by atoms with Gasteiger partial charge in [0.15, 0.2) is 0 Å². The van der Waals surface area contributed by atoms with Gasteiger partial charge in [-0.15, -0.1) is 0 Å². The summed E-state index contributed by atoms with van der Waals surface area (Å²) in [5.74, 6) is 0.708. The van der Waals surface area contributed by atoms with Crippen LogP contribution in [0.25, 0.3) is 0 Å². The molecule has 5 heteroatoms. The highest BCUT2D eigenvalue weighted by molar-refractivity contribution is 7.89. The van der Waals surface area contributed by atoms with Crippen LogP contribution in [0.5, 0.6) is 0 Å². The Morgan fingerprint density at radius 3 is 1.89 bits per heavy atom. The SMILES string of the molecule is CC(C)c1cc(C(C)C)c(S(=O)(=O)NCCCN2CCCC2)c(C(C)C)c1. The molecular weight excluding hydrogens is 356 g/mol. The third kappa shape index (κ3) is 5.78. The first-order valence-electron chi connectivity index (χ1n) is 10.5. The quantitative estimate of drug-likeness (QED) is 0.611. The van der Waals surface area contributed by atoms with Gasteiger partial charge in [0.2, 0.25) is 10.0 Å². The molecule has 1 fully saturated rings. The van der Waals surface area contributed by atoms with Gasteiger partial charge in [0.05, 0.1) is 4.90 Å². The molecule has 0 bridgehead atoms. The predicted molar refractivity (Wildman–Crippen MR) is 114 cm³/mol. The molecule has 1 aromatic rings. The van der Waals surface area contributed by atoms with Crippen LogP contribution in [0.2, 0.25) is 0 Å². The molecule has 1 aromatic carbocycles. The molecule has 0 spiro atoms. The van der Waals surface area contributed by atoms with E-state index in [1.54, 1.807) is 0 Å². The molecule has 0 aliphatic carbocycles. The Kier molecular flexibility index (Phi) is 7.90. The van der Waals surface area contributed by atoms with E-state index < -0.39 is 10.0 Å². The minimum absolute atomic E-state index is 0.164. The van der Waals surface area contributed by atoms with Crippen molar-refractivity contribution in [3.63, 3.8) is 0 Å². The Hall–Kier alpha value is -0.910. The molecular formula is C22H38N2O2S. The van der Waals surface area contributed by atoms with E-state index in [1.807, 2.05) is 0 Å². The first kappa shape index (κ1) is 22.4. The first-order chi connectivity index (χ1) is 12.6. The van der Waals surface area contributed by atoms with Crippen LogP contribution in [-0.4, -0.2) is 39.5 Å². The van der Waals surface area contributed by atoms with Gasteiger partial charge < -0.3 is 4.90 Å². The highest BCUT2D eigenvalue weighted by Gasteiger charge is 2.26.